The molecule has 0 fully saturated rings. The van der Waals surface area contributed by atoms with Crippen molar-refractivity contribution in [3.63, 3.8) is 0 Å². The summed E-state index contributed by atoms with van der Waals surface area (Å²) in [7, 11) is 1.51. The molecule has 19 heavy (non-hydrogen) atoms. The smallest absolute Gasteiger partial charge is 0.318 e. The van der Waals surface area contributed by atoms with E-state index >= 15 is 0 Å². The second-order valence-corrected chi connectivity index (χ2v) is 4.12. The molecule has 4 N–H and O–H groups in total. The zero-order chi connectivity index (χ0) is 14.4. The predicted octanol–water partition coefficient (Wildman–Crippen LogP) is -0.330. The first-order valence-electron chi connectivity index (χ1n) is 5.73. The van der Waals surface area contributed by atoms with Crippen molar-refractivity contribution in [3.05, 3.63) is 35.4 Å². The number of likely N-dealkylation sites (N-methyl/N-ethyl adjacent to an activating group) is 1. The van der Waals surface area contributed by atoms with Crippen LogP contribution >= 0.6 is 0 Å². The molecule has 0 saturated heterocycles. The summed E-state index contributed by atoms with van der Waals surface area (Å²) in [6.07, 6.45) is 0.729. The maximum absolute atomic E-state index is 11.3. The minimum atomic E-state index is -1.19. The van der Waals surface area contributed by atoms with Crippen LogP contribution in [-0.2, 0) is 20.8 Å². The van der Waals surface area contributed by atoms with E-state index in [2.05, 4.69) is 5.32 Å². The number of amides is 1. The van der Waals surface area contributed by atoms with Gasteiger partial charge in [0.05, 0.1) is 6.04 Å². The number of benzene rings is 1. The van der Waals surface area contributed by atoms with Crippen molar-refractivity contribution >= 4 is 18.2 Å². The highest BCUT2D eigenvalue weighted by atomic mass is 16.4. The number of hydrogen-bond acceptors (Lipinski definition) is 4. The maximum atomic E-state index is 11.3. The van der Waals surface area contributed by atoms with Crippen LogP contribution in [0.5, 0.6) is 0 Å². The van der Waals surface area contributed by atoms with Crippen molar-refractivity contribution in [2.24, 2.45) is 5.73 Å². The van der Waals surface area contributed by atoms with Gasteiger partial charge in [0.15, 0.2) is 0 Å². The minimum absolute atomic E-state index is 0.264. The number of carbonyl (C=O) groups is 3. The third kappa shape index (κ3) is 3.89. The summed E-state index contributed by atoms with van der Waals surface area (Å²) in [5.74, 6) is -2.62. The lowest BCUT2D eigenvalue weighted by Crippen LogP contribution is -2.40. The van der Waals surface area contributed by atoms with E-state index in [1.807, 2.05) is 0 Å². The molecule has 0 aliphatic heterocycles. The third-order valence-electron chi connectivity index (χ3n) is 2.78. The number of carbonyl (C=O) groups excluding carboxylic acids is 2. The molecule has 1 unspecified atom stereocenters. The fourth-order valence-electron chi connectivity index (χ4n) is 1.67. The Labute approximate surface area is 110 Å². The lowest BCUT2D eigenvalue weighted by Gasteiger charge is -2.11. The van der Waals surface area contributed by atoms with E-state index in [0.717, 1.165) is 5.56 Å². The first kappa shape index (κ1) is 14.8. The van der Waals surface area contributed by atoms with Gasteiger partial charge in [-0.3, -0.25) is 9.59 Å². The topological polar surface area (TPSA) is 109 Å². The van der Waals surface area contributed by atoms with E-state index in [1.165, 1.54) is 7.05 Å². The summed E-state index contributed by atoms with van der Waals surface area (Å²) in [4.78, 5) is 32.8. The molecule has 1 aromatic rings. The Morgan fingerprint density at radius 3 is 2.37 bits per heavy atom. The van der Waals surface area contributed by atoms with E-state index in [-0.39, 0.29) is 5.91 Å². The molecule has 1 aromatic carbocycles. The summed E-state index contributed by atoms with van der Waals surface area (Å²) in [6, 6.07) is 5.78. The van der Waals surface area contributed by atoms with Crippen LogP contribution in [0.3, 0.4) is 0 Å². The Hall–Kier alpha value is -2.21. The second kappa shape index (κ2) is 6.65. The number of carboxylic acid groups (broad SMARTS) is 1. The molecule has 0 saturated carbocycles. The monoisotopic (exact) mass is 264 g/mol. The van der Waals surface area contributed by atoms with Gasteiger partial charge in [0, 0.05) is 7.05 Å². The van der Waals surface area contributed by atoms with Gasteiger partial charge in [0.2, 0.25) is 5.91 Å². The molecule has 0 spiro atoms. The first-order valence-corrected chi connectivity index (χ1v) is 5.73. The zero-order valence-corrected chi connectivity index (χ0v) is 10.5. The van der Waals surface area contributed by atoms with Crippen LogP contribution < -0.4 is 11.1 Å². The quantitative estimate of drug-likeness (QED) is 0.481. The highest BCUT2D eigenvalue weighted by Crippen LogP contribution is 2.15. The fraction of sp³-hybridized carbons (Fsp3) is 0.308. The molecule has 0 aromatic heterocycles. The molecule has 2 atom stereocenters. The van der Waals surface area contributed by atoms with Crippen LogP contribution in [0.1, 0.15) is 17.0 Å². The number of hydrogen-bond donors (Lipinski definition) is 3. The summed E-state index contributed by atoms with van der Waals surface area (Å²) in [6.45, 7) is 0. The Morgan fingerprint density at radius 2 is 1.95 bits per heavy atom. The van der Waals surface area contributed by atoms with Gasteiger partial charge in [0.1, 0.15) is 12.2 Å². The van der Waals surface area contributed by atoms with Crippen molar-refractivity contribution in [1.29, 1.82) is 0 Å². The van der Waals surface area contributed by atoms with Crippen molar-refractivity contribution in [3.8, 4) is 0 Å². The molecular formula is C13H16N2O4. The molecule has 0 radical (unpaired) electrons. The van der Waals surface area contributed by atoms with Crippen LogP contribution in [0.4, 0.5) is 0 Å². The number of carboxylic acids is 1. The van der Waals surface area contributed by atoms with Gasteiger partial charge >= 0.3 is 5.97 Å². The van der Waals surface area contributed by atoms with Crippen LogP contribution in [0, 0.1) is 0 Å². The molecular weight excluding hydrogens is 248 g/mol. The Bertz CT molecular complexity index is 470. The Morgan fingerprint density at radius 1 is 1.37 bits per heavy atom. The van der Waals surface area contributed by atoms with Crippen molar-refractivity contribution < 1.29 is 19.5 Å². The zero-order valence-electron chi connectivity index (χ0n) is 10.5. The largest absolute Gasteiger partial charge is 0.480 e. The van der Waals surface area contributed by atoms with E-state index in [4.69, 9.17) is 10.8 Å². The average molecular weight is 264 g/mol. The third-order valence-corrected chi connectivity index (χ3v) is 2.78. The summed E-state index contributed by atoms with van der Waals surface area (Å²) >= 11 is 0. The highest BCUT2D eigenvalue weighted by Gasteiger charge is 2.19. The summed E-state index contributed by atoms with van der Waals surface area (Å²) in [5, 5.41) is 11.3. The van der Waals surface area contributed by atoms with E-state index in [0.29, 0.717) is 18.3 Å². The molecule has 6 heteroatoms. The molecule has 0 bridgehead atoms. The molecule has 0 aliphatic rings. The van der Waals surface area contributed by atoms with Crippen LogP contribution in [0.25, 0.3) is 0 Å². The number of nitrogens with one attached hydrogen (secondary N) is 1. The first-order chi connectivity index (χ1) is 8.99. The molecule has 0 heterocycles. The van der Waals surface area contributed by atoms with Gasteiger partial charge in [-0.15, -0.1) is 0 Å². The van der Waals surface area contributed by atoms with Crippen molar-refractivity contribution in [1.82, 2.24) is 5.32 Å². The van der Waals surface area contributed by atoms with E-state index in [9.17, 15) is 14.4 Å². The average Bonchev–Trinajstić information content (AvgIpc) is 2.40. The Balaban J connectivity index is 2.79. The summed E-state index contributed by atoms with van der Waals surface area (Å²) in [5.41, 5.74) is 6.87. The molecule has 1 amide bonds. The molecule has 6 nitrogen and oxygen atoms in total. The van der Waals surface area contributed by atoms with Crippen LogP contribution in [0.15, 0.2) is 24.3 Å². The van der Waals surface area contributed by atoms with Gasteiger partial charge < -0.3 is 21.0 Å². The molecule has 0 aliphatic carbocycles. The maximum Gasteiger partial charge on any atom is 0.318 e. The number of nitrogens with two attached hydrogens (primary N) is 1. The van der Waals surface area contributed by atoms with Crippen LogP contribution in [-0.4, -0.2) is 36.4 Å². The van der Waals surface area contributed by atoms with Gasteiger partial charge in [-0.25, -0.2) is 0 Å². The molecule has 1 rings (SSSR count). The standard InChI is InChI=1S/C13H16N2O4/c1-15-12(17)11(14)6-8-2-4-9(5-3-8)10(7-16)13(18)19/h2-5,7,10-11H,6,14H2,1H3,(H,15,17)(H,18,19)/t10?,11-/m0/s1. The van der Waals surface area contributed by atoms with Crippen molar-refractivity contribution in [2.75, 3.05) is 7.05 Å². The summed E-state index contributed by atoms with van der Waals surface area (Å²) < 4.78 is 0. The minimum Gasteiger partial charge on any atom is -0.480 e. The number of aldehydes is 1. The lowest BCUT2D eigenvalue weighted by atomic mass is 9.97. The van der Waals surface area contributed by atoms with Crippen LogP contribution in [0.2, 0.25) is 0 Å². The highest BCUT2D eigenvalue weighted by molar-refractivity contribution is 5.92. The van der Waals surface area contributed by atoms with E-state index < -0.39 is 17.9 Å². The number of rotatable bonds is 6. The van der Waals surface area contributed by atoms with Gasteiger partial charge in [0.25, 0.3) is 0 Å². The van der Waals surface area contributed by atoms with Gasteiger partial charge in [-0.1, -0.05) is 24.3 Å². The van der Waals surface area contributed by atoms with E-state index in [1.54, 1.807) is 24.3 Å². The van der Waals surface area contributed by atoms with Gasteiger partial charge in [-0.2, -0.15) is 0 Å². The SMILES string of the molecule is CNC(=O)[C@@H](N)Cc1ccc(C(C=O)C(=O)O)cc1. The fourth-order valence-corrected chi connectivity index (χ4v) is 1.67. The van der Waals surface area contributed by atoms with Crippen molar-refractivity contribution in [2.45, 2.75) is 18.4 Å². The second-order valence-electron chi connectivity index (χ2n) is 4.12. The predicted molar refractivity (Wildman–Crippen MR) is 68.6 cm³/mol. The normalized spacial score (nSPS) is 13.4. The number of aliphatic carboxylic acids is 1. The lowest BCUT2D eigenvalue weighted by molar-refractivity contribution is -0.140. The molecule has 102 valence electrons. The Kier molecular flexibility index (Phi) is 5.20. The van der Waals surface area contributed by atoms with Gasteiger partial charge in [-0.05, 0) is 17.5 Å².